The second-order valence-corrected chi connectivity index (χ2v) is 6.06. The van der Waals surface area contributed by atoms with Crippen LogP contribution in [0, 0.1) is 5.92 Å². The summed E-state index contributed by atoms with van der Waals surface area (Å²) in [5.74, 6) is 0.950. The van der Waals surface area contributed by atoms with E-state index >= 15 is 0 Å². The van der Waals surface area contributed by atoms with Crippen molar-refractivity contribution in [2.45, 2.75) is 77.9 Å². The van der Waals surface area contributed by atoms with Crippen LogP contribution >= 0.6 is 0 Å². The van der Waals surface area contributed by atoms with Gasteiger partial charge >= 0.3 is 0 Å². The molecule has 0 heterocycles. The van der Waals surface area contributed by atoms with Gasteiger partial charge in [-0.15, -0.1) is 0 Å². The summed E-state index contributed by atoms with van der Waals surface area (Å²) in [6.07, 6.45) is 6.84. The lowest BCUT2D eigenvalue weighted by molar-refractivity contribution is 0.112. The molecule has 0 aliphatic heterocycles. The second-order valence-electron chi connectivity index (χ2n) is 6.06. The number of rotatable bonds is 6. The molecule has 0 radical (unpaired) electrons. The Labute approximate surface area is 108 Å². The van der Waals surface area contributed by atoms with Gasteiger partial charge in [0, 0.05) is 18.1 Å². The lowest BCUT2D eigenvalue weighted by Crippen LogP contribution is -2.50. The second kappa shape index (κ2) is 7.38. The first-order valence-corrected chi connectivity index (χ1v) is 7.51. The summed E-state index contributed by atoms with van der Waals surface area (Å²) in [5, 5.41) is 3.62. The average Bonchev–Trinajstić information content (AvgIpc) is 2.35. The summed E-state index contributed by atoms with van der Waals surface area (Å²) in [7, 11) is 2.31. The van der Waals surface area contributed by atoms with Crippen molar-refractivity contribution in [3.05, 3.63) is 0 Å². The van der Waals surface area contributed by atoms with E-state index in [2.05, 4.69) is 45.0 Å². The first-order valence-electron chi connectivity index (χ1n) is 7.51. The van der Waals surface area contributed by atoms with Gasteiger partial charge in [0.05, 0.1) is 0 Å². The fraction of sp³-hybridized carbons (Fsp3) is 1.00. The molecule has 0 amide bonds. The van der Waals surface area contributed by atoms with Gasteiger partial charge in [0.2, 0.25) is 0 Å². The largest absolute Gasteiger partial charge is 0.313 e. The molecule has 1 rings (SSSR count). The molecule has 1 aliphatic carbocycles. The maximum absolute atomic E-state index is 3.62. The molecule has 1 saturated carbocycles. The molecular formula is C15H32N2. The topological polar surface area (TPSA) is 15.3 Å². The number of hydrogen-bond acceptors (Lipinski definition) is 2. The van der Waals surface area contributed by atoms with Crippen molar-refractivity contribution in [3.8, 4) is 0 Å². The minimum atomic E-state index is 0.597. The smallest absolute Gasteiger partial charge is 0.0218 e. The molecule has 2 atom stereocenters. The van der Waals surface area contributed by atoms with Crippen LogP contribution in [0.2, 0.25) is 0 Å². The van der Waals surface area contributed by atoms with Gasteiger partial charge in [-0.05, 0) is 65.5 Å². The van der Waals surface area contributed by atoms with Gasteiger partial charge in [-0.2, -0.15) is 0 Å². The Morgan fingerprint density at radius 2 is 1.76 bits per heavy atom. The van der Waals surface area contributed by atoms with Crippen molar-refractivity contribution in [1.29, 1.82) is 0 Å². The lowest BCUT2D eigenvalue weighted by Gasteiger charge is -2.39. The van der Waals surface area contributed by atoms with E-state index in [1.807, 2.05) is 0 Å². The first-order chi connectivity index (χ1) is 8.06. The van der Waals surface area contributed by atoms with Crippen LogP contribution in [0.5, 0.6) is 0 Å². The highest BCUT2D eigenvalue weighted by molar-refractivity contribution is 4.83. The molecule has 0 bridgehead atoms. The lowest BCUT2D eigenvalue weighted by atomic mass is 9.86. The summed E-state index contributed by atoms with van der Waals surface area (Å²) in [6.45, 7) is 10.5. The van der Waals surface area contributed by atoms with Crippen LogP contribution in [0.3, 0.4) is 0 Å². The molecule has 2 unspecified atom stereocenters. The maximum Gasteiger partial charge on any atom is 0.0218 e. The summed E-state index contributed by atoms with van der Waals surface area (Å²) in [6, 6.07) is 2.05. The molecule has 0 saturated heterocycles. The standard InChI is InChI=1S/C15H32N2/c1-6-11-16-13(3)14(4)17(5)15-9-7-12(2)8-10-15/h12-16H,6-11H2,1-5H3. The van der Waals surface area contributed by atoms with E-state index in [0.29, 0.717) is 12.1 Å². The third-order valence-corrected chi connectivity index (χ3v) is 4.64. The molecule has 1 fully saturated rings. The molecule has 2 nitrogen and oxygen atoms in total. The van der Waals surface area contributed by atoms with Crippen LogP contribution in [-0.2, 0) is 0 Å². The summed E-state index contributed by atoms with van der Waals surface area (Å²) in [4.78, 5) is 2.61. The minimum Gasteiger partial charge on any atom is -0.313 e. The molecule has 1 aliphatic rings. The highest BCUT2D eigenvalue weighted by Gasteiger charge is 2.26. The third-order valence-electron chi connectivity index (χ3n) is 4.64. The summed E-state index contributed by atoms with van der Waals surface area (Å²) in [5.41, 5.74) is 0. The molecule has 102 valence electrons. The van der Waals surface area contributed by atoms with Gasteiger partial charge in [0.25, 0.3) is 0 Å². The fourth-order valence-electron chi connectivity index (χ4n) is 2.88. The van der Waals surface area contributed by atoms with Crippen molar-refractivity contribution in [2.24, 2.45) is 5.92 Å². The Bertz CT molecular complexity index is 197. The zero-order valence-electron chi connectivity index (χ0n) is 12.5. The third kappa shape index (κ3) is 4.59. The zero-order chi connectivity index (χ0) is 12.8. The van der Waals surface area contributed by atoms with Crippen molar-refractivity contribution in [1.82, 2.24) is 10.2 Å². The van der Waals surface area contributed by atoms with E-state index < -0.39 is 0 Å². The Morgan fingerprint density at radius 3 is 2.29 bits per heavy atom. The molecular weight excluding hydrogens is 208 g/mol. The Kier molecular flexibility index (Phi) is 6.50. The van der Waals surface area contributed by atoms with Crippen LogP contribution in [0.15, 0.2) is 0 Å². The molecule has 0 spiro atoms. The zero-order valence-corrected chi connectivity index (χ0v) is 12.5. The molecule has 17 heavy (non-hydrogen) atoms. The van der Waals surface area contributed by atoms with E-state index in [0.717, 1.165) is 18.5 Å². The van der Waals surface area contributed by atoms with Gasteiger partial charge in [-0.3, -0.25) is 4.90 Å². The molecule has 0 aromatic rings. The predicted molar refractivity (Wildman–Crippen MR) is 76.4 cm³/mol. The van der Waals surface area contributed by atoms with Gasteiger partial charge in [-0.1, -0.05) is 13.8 Å². The number of hydrogen-bond donors (Lipinski definition) is 1. The quantitative estimate of drug-likeness (QED) is 0.766. The van der Waals surface area contributed by atoms with Crippen molar-refractivity contribution in [2.75, 3.05) is 13.6 Å². The van der Waals surface area contributed by atoms with E-state index in [1.54, 1.807) is 0 Å². The average molecular weight is 240 g/mol. The van der Waals surface area contributed by atoms with Gasteiger partial charge in [0.1, 0.15) is 0 Å². The Hall–Kier alpha value is -0.0800. The van der Waals surface area contributed by atoms with Crippen molar-refractivity contribution >= 4 is 0 Å². The Balaban J connectivity index is 2.37. The number of likely N-dealkylation sites (N-methyl/N-ethyl adjacent to an activating group) is 1. The maximum atomic E-state index is 3.62. The van der Waals surface area contributed by atoms with E-state index in [4.69, 9.17) is 0 Å². The van der Waals surface area contributed by atoms with Gasteiger partial charge in [0.15, 0.2) is 0 Å². The minimum absolute atomic E-state index is 0.597. The van der Waals surface area contributed by atoms with Crippen LogP contribution < -0.4 is 5.32 Å². The van der Waals surface area contributed by atoms with Crippen LogP contribution in [0.4, 0.5) is 0 Å². The molecule has 2 heteroatoms. The van der Waals surface area contributed by atoms with E-state index in [9.17, 15) is 0 Å². The molecule has 0 aromatic heterocycles. The molecule has 0 aromatic carbocycles. The molecule has 1 N–H and O–H groups in total. The van der Waals surface area contributed by atoms with Crippen molar-refractivity contribution < 1.29 is 0 Å². The fourth-order valence-corrected chi connectivity index (χ4v) is 2.88. The predicted octanol–water partition coefficient (Wildman–Crippen LogP) is 3.27. The van der Waals surface area contributed by atoms with Gasteiger partial charge in [-0.25, -0.2) is 0 Å². The number of nitrogens with zero attached hydrogens (tertiary/aromatic N) is 1. The van der Waals surface area contributed by atoms with Crippen LogP contribution in [0.25, 0.3) is 0 Å². The van der Waals surface area contributed by atoms with Crippen molar-refractivity contribution in [3.63, 3.8) is 0 Å². The van der Waals surface area contributed by atoms with Crippen LogP contribution in [-0.4, -0.2) is 36.6 Å². The normalized spacial score (nSPS) is 29.3. The van der Waals surface area contributed by atoms with Crippen LogP contribution in [0.1, 0.15) is 59.8 Å². The van der Waals surface area contributed by atoms with Gasteiger partial charge < -0.3 is 5.32 Å². The summed E-state index contributed by atoms with van der Waals surface area (Å²) >= 11 is 0. The monoisotopic (exact) mass is 240 g/mol. The summed E-state index contributed by atoms with van der Waals surface area (Å²) < 4.78 is 0. The Morgan fingerprint density at radius 1 is 1.18 bits per heavy atom. The van der Waals surface area contributed by atoms with E-state index in [1.165, 1.54) is 32.1 Å². The first kappa shape index (κ1) is 15.0. The highest BCUT2D eigenvalue weighted by atomic mass is 15.2. The SMILES string of the molecule is CCCNC(C)C(C)N(C)C1CCC(C)CC1. The number of nitrogens with one attached hydrogen (secondary N) is 1. The highest BCUT2D eigenvalue weighted by Crippen LogP contribution is 2.27. The van der Waals surface area contributed by atoms with E-state index in [-0.39, 0.29) is 0 Å².